The molecule has 0 aliphatic rings. The third-order valence-electron chi connectivity index (χ3n) is 1.52. The highest BCUT2D eigenvalue weighted by Gasteiger charge is 2.06. The lowest BCUT2D eigenvalue weighted by Crippen LogP contribution is -2.15. The first-order valence-electron chi connectivity index (χ1n) is 3.71. The van der Waals surface area contributed by atoms with Crippen LogP contribution in [0.15, 0.2) is 24.3 Å². The molecule has 0 bridgehead atoms. The Morgan fingerprint density at radius 1 is 1.38 bits per heavy atom. The minimum absolute atomic E-state index is 0.119. The van der Waals surface area contributed by atoms with Gasteiger partial charge in [0.15, 0.2) is 5.78 Å². The molecule has 0 saturated heterocycles. The minimum atomic E-state index is -0.389. The highest BCUT2D eigenvalue weighted by molar-refractivity contribution is 6.07. The molecule has 1 aromatic rings. The normalized spacial score (nSPS) is 9.62. The average Bonchev–Trinajstić information content (AvgIpc) is 2.04. The summed E-state index contributed by atoms with van der Waals surface area (Å²) in [5.74, 6) is -0.846. The summed E-state index contributed by atoms with van der Waals surface area (Å²) >= 11 is 0. The topological polar surface area (TPSA) is 66.9 Å². The maximum Gasteiger partial charge on any atom is 0.170 e. The quantitative estimate of drug-likeness (QED) is 0.418. The van der Waals surface area contributed by atoms with Gasteiger partial charge in [0, 0.05) is 5.56 Å². The molecular weight excluding hydrogens is 171 g/mol. The number of rotatable bonds is 3. The van der Waals surface area contributed by atoms with E-state index in [9.17, 15) is 9.18 Å². The molecule has 0 atom stereocenters. The lowest BCUT2D eigenvalue weighted by Gasteiger charge is -1.98. The van der Waals surface area contributed by atoms with Gasteiger partial charge in [0.25, 0.3) is 0 Å². The zero-order valence-corrected chi connectivity index (χ0v) is 6.88. The second kappa shape index (κ2) is 3.80. The molecule has 0 aromatic heterocycles. The van der Waals surface area contributed by atoms with Crippen molar-refractivity contribution >= 4 is 11.6 Å². The first-order chi connectivity index (χ1) is 6.09. The largest absolute Gasteiger partial charge is 0.387 e. The van der Waals surface area contributed by atoms with Gasteiger partial charge in [0.05, 0.1) is 12.3 Å². The number of ketones is 1. The van der Waals surface area contributed by atoms with E-state index in [0.29, 0.717) is 5.56 Å². The molecule has 0 radical (unpaired) electrons. The molecule has 0 heterocycles. The van der Waals surface area contributed by atoms with Crippen molar-refractivity contribution in [3.63, 3.8) is 0 Å². The molecule has 3 nitrogen and oxygen atoms in total. The number of nitrogens with one attached hydrogen (secondary N) is 1. The molecule has 0 unspecified atom stereocenters. The van der Waals surface area contributed by atoms with E-state index in [-0.39, 0.29) is 23.9 Å². The van der Waals surface area contributed by atoms with Gasteiger partial charge >= 0.3 is 0 Å². The molecule has 0 spiro atoms. The summed E-state index contributed by atoms with van der Waals surface area (Å²) in [6, 6.07) is 5.15. The van der Waals surface area contributed by atoms with E-state index in [4.69, 9.17) is 11.1 Å². The number of carbonyl (C=O) groups is 1. The molecule has 0 aliphatic heterocycles. The Kier molecular flexibility index (Phi) is 2.74. The molecule has 0 amide bonds. The van der Waals surface area contributed by atoms with Crippen LogP contribution in [0.25, 0.3) is 0 Å². The maximum atomic E-state index is 12.4. The van der Waals surface area contributed by atoms with Crippen molar-refractivity contribution in [3.05, 3.63) is 35.6 Å². The van der Waals surface area contributed by atoms with Gasteiger partial charge in [0.2, 0.25) is 0 Å². The van der Waals surface area contributed by atoms with E-state index in [2.05, 4.69) is 0 Å². The summed E-state index contributed by atoms with van der Waals surface area (Å²) in [5.41, 5.74) is 5.42. The van der Waals surface area contributed by atoms with Gasteiger partial charge in [-0.15, -0.1) is 0 Å². The van der Waals surface area contributed by atoms with Gasteiger partial charge in [-0.3, -0.25) is 10.2 Å². The van der Waals surface area contributed by atoms with Crippen LogP contribution in [-0.2, 0) is 0 Å². The second-order valence-electron chi connectivity index (χ2n) is 2.63. The number of Topliss-reactive ketones (excluding diaryl/α,β-unsaturated/α-hetero) is 1. The van der Waals surface area contributed by atoms with Crippen LogP contribution in [0, 0.1) is 11.2 Å². The fraction of sp³-hybridized carbons (Fsp3) is 0.111. The van der Waals surface area contributed by atoms with Crippen molar-refractivity contribution < 1.29 is 9.18 Å². The van der Waals surface area contributed by atoms with Gasteiger partial charge in [-0.1, -0.05) is 0 Å². The monoisotopic (exact) mass is 180 g/mol. The zero-order chi connectivity index (χ0) is 9.84. The van der Waals surface area contributed by atoms with Crippen molar-refractivity contribution in [2.75, 3.05) is 0 Å². The smallest absolute Gasteiger partial charge is 0.170 e. The van der Waals surface area contributed by atoms with Crippen molar-refractivity contribution in [1.82, 2.24) is 0 Å². The SMILES string of the molecule is N=C(N)CC(=O)c1ccc(F)cc1. The molecule has 4 heteroatoms. The van der Waals surface area contributed by atoms with Gasteiger partial charge in [-0.05, 0) is 24.3 Å². The zero-order valence-electron chi connectivity index (χ0n) is 6.88. The van der Waals surface area contributed by atoms with Crippen LogP contribution in [-0.4, -0.2) is 11.6 Å². The highest BCUT2D eigenvalue weighted by Crippen LogP contribution is 2.05. The van der Waals surface area contributed by atoms with Gasteiger partial charge < -0.3 is 5.73 Å². The number of amidine groups is 1. The Hall–Kier alpha value is -1.71. The molecule has 68 valence electrons. The number of benzene rings is 1. The number of nitrogens with two attached hydrogens (primary N) is 1. The van der Waals surface area contributed by atoms with Crippen molar-refractivity contribution in [2.24, 2.45) is 5.73 Å². The minimum Gasteiger partial charge on any atom is -0.387 e. The van der Waals surface area contributed by atoms with E-state index in [1.54, 1.807) is 0 Å². The van der Waals surface area contributed by atoms with E-state index >= 15 is 0 Å². The standard InChI is InChI=1S/C9H9FN2O/c10-7-3-1-6(2-4-7)8(13)5-9(11)12/h1-4H,5H2,(H3,11,12). The molecule has 1 rings (SSSR count). The van der Waals surface area contributed by atoms with E-state index in [1.807, 2.05) is 0 Å². The number of hydrogen-bond donors (Lipinski definition) is 2. The molecule has 0 aliphatic carbocycles. The van der Waals surface area contributed by atoms with Crippen LogP contribution < -0.4 is 5.73 Å². The van der Waals surface area contributed by atoms with Gasteiger partial charge in [-0.2, -0.15) is 0 Å². The Bertz CT molecular complexity index is 332. The predicted molar refractivity (Wildman–Crippen MR) is 47.3 cm³/mol. The van der Waals surface area contributed by atoms with Crippen LogP contribution in [0.2, 0.25) is 0 Å². The van der Waals surface area contributed by atoms with Crippen molar-refractivity contribution in [3.8, 4) is 0 Å². The Morgan fingerprint density at radius 3 is 2.38 bits per heavy atom. The van der Waals surface area contributed by atoms with Crippen molar-refractivity contribution in [2.45, 2.75) is 6.42 Å². The van der Waals surface area contributed by atoms with Crippen LogP contribution in [0.5, 0.6) is 0 Å². The number of halogens is 1. The Balaban J connectivity index is 2.78. The summed E-state index contributed by atoms with van der Waals surface area (Å²) in [7, 11) is 0. The van der Waals surface area contributed by atoms with Crippen molar-refractivity contribution in [1.29, 1.82) is 5.41 Å². The Morgan fingerprint density at radius 2 is 1.92 bits per heavy atom. The van der Waals surface area contributed by atoms with E-state index < -0.39 is 0 Å². The summed E-state index contributed by atoms with van der Waals surface area (Å²) < 4.78 is 12.4. The Labute approximate surface area is 74.9 Å². The average molecular weight is 180 g/mol. The molecule has 1 aromatic carbocycles. The van der Waals surface area contributed by atoms with E-state index in [0.717, 1.165) is 0 Å². The fourth-order valence-electron chi connectivity index (χ4n) is 0.911. The van der Waals surface area contributed by atoms with Gasteiger partial charge in [0.1, 0.15) is 5.82 Å². The first-order valence-corrected chi connectivity index (χ1v) is 3.71. The first kappa shape index (κ1) is 9.38. The van der Waals surface area contributed by atoms with E-state index in [1.165, 1.54) is 24.3 Å². The summed E-state index contributed by atoms with van der Waals surface area (Å²) in [4.78, 5) is 11.2. The molecule has 13 heavy (non-hydrogen) atoms. The van der Waals surface area contributed by atoms with Crippen LogP contribution >= 0.6 is 0 Å². The molecular formula is C9H9FN2O. The van der Waals surface area contributed by atoms with Gasteiger partial charge in [-0.25, -0.2) is 4.39 Å². The molecule has 0 saturated carbocycles. The molecule has 3 N–H and O–H groups in total. The third-order valence-corrected chi connectivity index (χ3v) is 1.52. The number of hydrogen-bond acceptors (Lipinski definition) is 2. The lowest BCUT2D eigenvalue weighted by molar-refractivity contribution is 0.1000. The van der Waals surface area contributed by atoms with Crippen LogP contribution in [0.3, 0.4) is 0 Å². The summed E-state index contributed by atoms with van der Waals surface area (Å²) in [6.07, 6.45) is -0.119. The maximum absolute atomic E-state index is 12.4. The van der Waals surface area contributed by atoms with Crippen LogP contribution in [0.4, 0.5) is 4.39 Å². The fourth-order valence-corrected chi connectivity index (χ4v) is 0.911. The van der Waals surface area contributed by atoms with Crippen LogP contribution in [0.1, 0.15) is 16.8 Å². The summed E-state index contributed by atoms with van der Waals surface area (Å²) in [5, 5.41) is 6.90. The third kappa shape index (κ3) is 2.66. The second-order valence-corrected chi connectivity index (χ2v) is 2.63. The number of carbonyl (C=O) groups excluding carboxylic acids is 1. The summed E-state index contributed by atoms with van der Waals surface area (Å²) in [6.45, 7) is 0. The predicted octanol–water partition coefficient (Wildman–Crippen LogP) is 1.33. The molecule has 0 fully saturated rings. The lowest BCUT2D eigenvalue weighted by atomic mass is 10.1. The highest BCUT2D eigenvalue weighted by atomic mass is 19.1.